The Balaban J connectivity index is 1.61. The normalized spacial score (nSPS) is 18.9. The van der Waals surface area contributed by atoms with Crippen molar-refractivity contribution in [1.82, 2.24) is 10.2 Å². The summed E-state index contributed by atoms with van der Waals surface area (Å²) in [7, 11) is 0. The summed E-state index contributed by atoms with van der Waals surface area (Å²) >= 11 is 6.30. The summed E-state index contributed by atoms with van der Waals surface area (Å²) in [5.74, 6) is 0.195. The average molecular weight is 385 g/mol. The first-order valence-electron chi connectivity index (χ1n) is 9.77. The van der Waals surface area contributed by atoms with Crippen molar-refractivity contribution in [2.75, 3.05) is 13.1 Å². The number of nitrogens with zero attached hydrogens (tertiary/aromatic N) is 1. The molecule has 0 aromatic heterocycles. The van der Waals surface area contributed by atoms with Crippen LogP contribution in [0.5, 0.6) is 0 Å². The van der Waals surface area contributed by atoms with Crippen LogP contribution in [0.3, 0.4) is 0 Å². The summed E-state index contributed by atoms with van der Waals surface area (Å²) in [6.45, 7) is 8.87. The number of hydrogen-bond donors (Lipinski definition) is 1. The van der Waals surface area contributed by atoms with Gasteiger partial charge in [0.2, 0.25) is 5.91 Å². The minimum Gasteiger partial charge on any atom is -0.349 e. The van der Waals surface area contributed by atoms with Crippen LogP contribution in [0.2, 0.25) is 5.02 Å². The summed E-state index contributed by atoms with van der Waals surface area (Å²) in [4.78, 5) is 15.2. The number of aryl methyl sites for hydroxylation is 2. The predicted octanol–water partition coefficient (Wildman–Crippen LogP) is 5.05. The van der Waals surface area contributed by atoms with E-state index in [9.17, 15) is 4.79 Å². The zero-order chi connectivity index (χ0) is 19.4. The molecule has 0 radical (unpaired) electrons. The highest BCUT2D eigenvalue weighted by Crippen LogP contribution is 2.24. The van der Waals surface area contributed by atoms with Crippen LogP contribution in [-0.2, 0) is 11.3 Å². The van der Waals surface area contributed by atoms with Crippen LogP contribution >= 0.6 is 11.6 Å². The van der Waals surface area contributed by atoms with Crippen molar-refractivity contribution in [2.24, 2.45) is 5.92 Å². The van der Waals surface area contributed by atoms with Crippen LogP contribution in [-0.4, -0.2) is 23.9 Å². The van der Waals surface area contributed by atoms with Crippen LogP contribution in [0.25, 0.3) is 0 Å². The van der Waals surface area contributed by atoms with Gasteiger partial charge in [0, 0.05) is 18.1 Å². The lowest BCUT2D eigenvalue weighted by atomic mass is 9.95. The molecule has 1 aliphatic heterocycles. The number of amides is 1. The highest BCUT2D eigenvalue weighted by molar-refractivity contribution is 6.31. The van der Waals surface area contributed by atoms with Gasteiger partial charge in [0.25, 0.3) is 0 Å². The van der Waals surface area contributed by atoms with E-state index < -0.39 is 0 Å². The van der Waals surface area contributed by atoms with Crippen molar-refractivity contribution in [3.05, 3.63) is 69.7 Å². The lowest BCUT2D eigenvalue weighted by Crippen LogP contribution is -2.43. The van der Waals surface area contributed by atoms with E-state index in [1.807, 2.05) is 18.2 Å². The van der Waals surface area contributed by atoms with Gasteiger partial charge in [-0.05, 0) is 62.9 Å². The van der Waals surface area contributed by atoms with E-state index in [1.54, 1.807) is 0 Å². The lowest BCUT2D eigenvalue weighted by Gasteiger charge is -2.33. The summed E-state index contributed by atoms with van der Waals surface area (Å²) in [5, 5.41) is 4.04. The first kappa shape index (κ1) is 19.9. The molecule has 1 heterocycles. The maximum absolute atomic E-state index is 12.9. The molecule has 2 atom stereocenters. The molecule has 1 saturated heterocycles. The Morgan fingerprint density at radius 1 is 1.26 bits per heavy atom. The van der Waals surface area contributed by atoms with Gasteiger partial charge in [-0.2, -0.15) is 0 Å². The summed E-state index contributed by atoms with van der Waals surface area (Å²) < 4.78 is 0. The Labute approximate surface area is 167 Å². The number of rotatable bonds is 5. The van der Waals surface area contributed by atoms with Crippen LogP contribution in [0.1, 0.15) is 48.1 Å². The molecule has 0 spiro atoms. The summed E-state index contributed by atoms with van der Waals surface area (Å²) in [6.07, 6.45) is 1.99. The van der Waals surface area contributed by atoms with E-state index in [2.05, 4.69) is 55.3 Å². The van der Waals surface area contributed by atoms with Crippen LogP contribution in [0.4, 0.5) is 0 Å². The Hall–Kier alpha value is -1.84. The Morgan fingerprint density at radius 2 is 2.04 bits per heavy atom. The molecule has 0 bridgehead atoms. The smallest absolute Gasteiger partial charge is 0.224 e. The van der Waals surface area contributed by atoms with Gasteiger partial charge in [-0.3, -0.25) is 9.69 Å². The first-order valence-corrected chi connectivity index (χ1v) is 10.1. The number of piperidine rings is 1. The lowest BCUT2D eigenvalue weighted by molar-refractivity contribution is -0.127. The van der Waals surface area contributed by atoms with Crippen molar-refractivity contribution in [3.8, 4) is 0 Å². The van der Waals surface area contributed by atoms with Gasteiger partial charge in [-0.25, -0.2) is 0 Å². The average Bonchev–Trinajstić information content (AvgIpc) is 2.65. The molecule has 3 rings (SSSR count). The topological polar surface area (TPSA) is 32.3 Å². The molecule has 4 heteroatoms. The molecule has 0 unspecified atom stereocenters. The molecule has 27 heavy (non-hydrogen) atoms. The molecular weight excluding hydrogens is 356 g/mol. The molecule has 0 saturated carbocycles. The van der Waals surface area contributed by atoms with E-state index in [0.29, 0.717) is 0 Å². The van der Waals surface area contributed by atoms with Crippen molar-refractivity contribution < 1.29 is 4.79 Å². The van der Waals surface area contributed by atoms with Gasteiger partial charge in [-0.15, -0.1) is 0 Å². The molecule has 2 aromatic rings. The van der Waals surface area contributed by atoms with Gasteiger partial charge in [-0.1, -0.05) is 53.6 Å². The molecule has 1 amide bonds. The van der Waals surface area contributed by atoms with Gasteiger partial charge in [0.1, 0.15) is 0 Å². The fourth-order valence-corrected chi connectivity index (χ4v) is 4.11. The maximum Gasteiger partial charge on any atom is 0.224 e. The summed E-state index contributed by atoms with van der Waals surface area (Å²) in [6, 6.07) is 14.4. The predicted molar refractivity (Wildman–Crippen MR) is 112 cm³/mol. The van der Waals surface area contributed by atoms with Crippen molar-refractivity contribution in [1.29, 1.82) is 0 Å². The van der Waals surface area contributed by atoms with Crippen molar-refractivity contribution in [3.63, 3.8) is 0 Å². The van der Waals surface area contributed by atoms with Crippen LogP contribution < -0.4 is 5.32 Å². The third-order valence-corrected chi connectivity index (χ3v) is 5.86. The standard InChI is InChI=1S/C23H29ClN2O/c1-16-10-11-17(2)21(13-16)18(3)25-23(27)20-8-6-12-26(15-20)14-19-7-4-5-9-22(19)24/h4-5,7,9-11,13,18,20H,6,8,12,14-15H2,1-3H3,(H,25,27)/t18-,20+/m1/s1. The van der Waals surface area contributed by atoms with Crippen molar-refractivity contribution in [2.45, 2.75) is 46.2 Å². The van der Waals surface area contributed by atoms with Gasteiger partial charge in [0.15, 0.2) is 0 Å². The molecule has 3 nitrogen and oxygen atoms in total. The number of halogens is 1. The maximum atomic E-state index is 12.9. The van der Waals surface area contributed by atoms with Crippen molar-refractivity contribution >= 4 is 17.5 Å². The van der Waals surface area contributed by atoms with E-state index in [1.165, 1.54) is 16.7 Å². The van der Waals surface area contributed by atoms with E-state index >= 15 is 0 Å². The zero-order valence-corrected chi connectivity index (χ0v) is 17.2. The highest BCUT2D eigenvalue weighted by atomic mass is 35.5. The van der Waals surface area contributed by atoms with Gasteiger partial charge in [0.05, 0.1) is 12.0 Å². The second-order valence-electron chi connectivity index (χ2n) is 7.76. The van der Waals surface area contributed by atoms with E-state index in [0.717, 1.165) is 43.1 Å². The molecular formula is C23H29ClN2O. The summed E-state index contributed by atoms with van der Waals surface area (Å²) in [5.41, 5.74) is 4.77. The zero-order valence-electron chi connectivity index (χ0n) is 16.5. The fraction of sp³-hybridized carbons (Fsp3) is 0.435. The van der Waals surface area contributed by atoms with E-state index in [-0.39, 0.29) is 17.9 Å². The quantitative estimate of drug-likeness (QED) is 0.782. The van der Waals surface area contributed by atoms with Crippen LogP contribution in [0.15, 0.2) is 42.5 Å². The Kier molecular flexibility index (Phi) is 6.56. The van der Waals surface area contributed by atoms with Gasteiger partial charge < -0.3 is 5.32 Å². The number of benzene rings is 2. The third-order valence-electron chi connectivity index (χ3n) is 5.49. The Bertz CT molecular complexity index is 805. The molecule has 1 N–H and O–H groups in total. The first-order chi connectivity index (χ1) is 12.9. The number of carbonyl (C=O) groups is 1. The minimum absolute atomic E-state index is 0.0244. The number of hydrogen-bond acceptors (Lipinski definition) is 2. The monoisotopic (exact) mass is 384 g/mol. The minimum atomic E-state index is 0.0244. The molecule has 1 fully saturated rings. The second kappa shape index (κ2) is 8.90. The second-order valence-corrected chi connectivity index (χ2v) is 8.16. The highest BCUT2D eigenvalue weighted by Gasteiger charge is 2.27. The van der Waals surface area contributed by atoms with E-state index in [4.69, 9.17) is 11.6 Å². The number of likely N-dealkylation sites (tertiary alicyclic amines) is 1. The molecule has 0 aliphatic carbocycles. The van der Waals surface area contributed by atoms with Gasteiger partial charge >= 0.3 is 0 Å². The Morgan fingerprint density at radius 3 is 2.81 bits per heavy atom. The third kappa shape index (κ3) is 5.12. The number of nitrogens with one attached hydrogen (secondary N) is 1. The molecule has 144 valence electrons. The largest absolute Gasteiger partial charge is 0.349 e. The molecule has 2 aromatic carbocycles. The van der Waals surface area contributed by atoms with Crippen LogP contribution in [0, 0.1) is 19.8 Å². The fourth-order valence-electron chi connectivity index (χ4n) is 3.92. The number of carbonyl (C=O) groups excluding carboxylic acids is 1. The molecule has 1 aliphatic rings. The SMILES string of the molecule is Cc1ccc(C)c([C@@H](C)NC(=O)[C@H]2CCCN(Cc3ccccc3Cl)C2)c1.